The number of aryl methyl sites for hydroxylation is 1. The van der Waals surface area contributed by atoms with Crippen molar-refractivity contribution in [2.75, 3.05) is 0 Å². The van der Waals surface area contributed by atoms with Crippen LogP contribution in [0.3, 0.4) is 0 Å². The SMILES string of the molecule is CCCc1ccc(-c2ccc(-c3cc(F)c4c(F)c(F)c(F)cc4c3)c(F)c2)cc1. The lowest BCUT2D eigenvalue weighted by molar-refractivity contribution is 0.451. The van der Waals surface area contributed by atoms with Gasteiger partial charge in [-0.15, -0.1) is 0 Å². The Morgan fingerprint density at radius 1 is 0.600 bits per heavy atom. The molecular weight excluding hydrogens is 395 g/mol. The van der Waals surface area contributed by atoms with Crippen LogP contribution >= 0.6 is 0 Å². The van der Waals surface area contributed by atoms with Gasteiger partial charge >= 0.3 is 0 Å². The second-order valence-corrected chi connectivity index (χ2v) is 7.18. The first-order valence-corrected chi connectivity index (χ1v) is 9.55. The van der Waals surface area contributed by atoms with Gasteiger partial charge in [-0.05, 0) is 58.3 Å². The summed E-state index contributed by atoms with van der Waals surface area (Å²) in [4.78, 5) is 0. The molecule has 0 aromatic heterocycles. The Labute approximate surface area is 170 Å². The highest BCUT2D eigenvalue weighted by Crippen LogP contribution is 2.33. The van der Waals surface area contributed by atoms with Gasteiger partial charge in [0.25, 0.3) is 0 Å². The van der Waals surface area contributed by atoms with E-state index in [1.165, 1.54) is 23.8 Å². The maximum absolute atomic E-state index is 14.8. The Morgan fingerprint density at radius 2 is 1.27 bits per heavy atom. The van der Waals surface area contributed by atoms with Crippen molar-refractivity contribution in [3.05, 3.63) is 95.3 Å². The fraction of sp³-hybridized carbons (Fsp3) is 0.120. The zero-order valence-corrected chi connectivity index (χ0v) is 16.1. The van der Waals surface area contributed by atoms with Gasteiger partial charge in [-0.3, -0.25) is 0 Å². The minimum Gasteiger partial charge on any atom is -0.206 e. The van der Waals surface area contributed by atoms with Crippen molar-refractivity contribution < 1.29 is 22.0 Å². The van der Waals surface area contributed by atoms with Crippen molar-refractivity contribution in [3.8, 4) is 22.3 Å². The fourth-order valence-electron chi connectivity index (χ4n) is 3.62. The van der Waals surface area contributed by atoms with E-state index in [0.29, 0.717) is 11.6 Å². The molecule has 0 amide bonds. The van der Waals surface area contributed by atoms with E-state index < -0.39 is 34.5 Å². The summed E-state index contributed by atoms with van der Waals surface area (Å²) >= 11 is 0. The molecule has 0 saturated carbocycles. The molecule has 0 fully saturated rings. The first-order valence-electron chi connectivity index (χ1n) is 9.55. The van der Waals surface area contributed by atoms with E-state index in [1.54, 1.807) is 6.07 Å². The third-order valence-electron chi connectivity index (χ3n) is 5.13. The Bertz CT molecular complexity index is 1240. The number of halogens is 5. The first-order chi connectivity index (χ1) is 14.4. The van der Waals surface area contributed by atoms with E-state index in [-0.39, 0.29) is 16.5 Å². The van der Waals surface area contributed by atoms with Crippen LogP contribution in [0.25, 0.3) is 33.0 Å². The molecule has 0 radical (unpaired) electrons. The van der Waals surface area contributed by atoms with Crippen LogP contribution in [0.4, 0.5) is 22.0 Å². The highest BCUT2D eigenvalue weighted by atomic mass is 19.2. The maximum Gasteiger partial charge on any atom is 0.195 e. The smallest absolute Gasteiger partial charge is 0.195 e. The Hall–Kier alpha value is -3.21. The van der Waals surface area contributed by atoms with Gasteiger partial charge in [-0.1, -0.05) is 49.7 Å². The molecule has 30 heavy (non-hydrogen) atoms. The number of hydrogen-bond donors (Lipinski definition) is 0. The summed E-state index contributed by atoms with van der Waals surface area (Å²) in [6.07, 6.45) is 2.00. The van der Waals surface area contributed by atoms with Crippen molar-refractivity contribution in [2.24, 2.45) is 0 Å². The number of benzene rings is 4. The summed E-state index contributed by atoms with van der Waals surface area (Å²) in [6.45, 7) is 2.09. The minimum atomic E-state index is -1.74. The lowest BCUT2D eigenvalue weighted by Crippen LogP contribution is -1.96. The van der Waals surface area contributed by atoms with E-state index in [1.807, 2.05) is 24.3 Å². The third kappa shape index (κ3) is 3.56. The molecule has 152 valence electrons. The van der Waals surface area contributed by atoms with Crippen LogP contribution in [-0.2, 0) is 6.42 Å². The van der Waals surface area contributed by atoms with Gasteiger partial charge in [0, 0.05) is 5.56 Å². The normalized spacial score (nSPS) is 11.3. The van der Waals surface area contributed by atoms with Gasteiger partial charge in [-0.25, -0.2) is 22.0 Å². The number of hydrogen-bond acceptors (Lipinski definition) is 0. The number of rotatable bonds is 4. The van der Waals surface area contributed by atoms with E-state index in [0.717, 1.165) is 24.5 Å². The largest absolute Gasteiger partial charge is 0.206 e. The molecule has 4 aromatic carbocycles. The van der Waals surface area contributed by atoms with E-state index >= 15 is 0 Å². The second kappa shape index (κ2) is 7.90. The summed E-state index contributed by atoms with van der Waals surface area (Å²) in [5.74, 6) is -6.47. The number of fused-ring (bicyclic) bond motifs is 1. The quantitative estimate of drug-likeness (QED) is 0.237. The highest BCUT2D eigenvalue weighted by Gasteiger charge is 2.19. The van der Waals surface area contributed by atoms with Gasteiger partial charge in [0.2, 0.25) is 0 Å². The Morgan fingerprint density at radius 3 is 1.93 bits per heavy atom. The standard InChI is InChI=1S/C25H17F5/c1-2-3-14-4-6-15(7-5-14)16-8-9-19(20(26)11-16)17-10-18-13-22(28)24(29)25(30)23(18)21(27)12-17/h4-13H,2-3H2,1H3. The van der Waals surface area contributed by atoms with Crippen LogP contribution < -0.4 is 0 Å². The van der Waals surface area contributed by atoms with Gasteiger partial charge < -0.3 is 0 Å². The minimum absolute atomic E-state index is 0.0762. The third-order valence-corrected chi connectivity index (χ3v) is 5.13. The highest BCUT2D eigenvalue weighted by molar-refractivity contribution is 5.89. The lowest BCUT2D eigenvalue weighted by Gasteiger charge is -2.10. The van der Waals surface area contributed by atoms with Crippen LogP contribution in [0.2, 0.25) is 0 Å². The van der Waals surface area contributed by atoms with Crippen molar-refractivity contribution in [1.29, 1.82) is 0 Å². The predicted molar refractivity (Wildman–Crippen MR) is 109 cm³/mol. The van der Waals surface area contributed by atoms with Crippen LogP contribution in [0.5, 0.6) is 0 Å². The Kier molecular flexibility index (Phi) is 5.29. The molecule has 0 aliphatic heterocycles. The van der Waals surface area contributed by atoms with Crippen molar-refractivity contribution >= 4 is 10.8 Å². The monoisotopic (exact) mass is 412 g/mol. The molecule has 0 heterocycles. The summed E-state index contributed by atoms with van der Waals surface area (Å²) < 4.78 is 70.2. The van der Waals surface area contributed by atoms with E-state index in [9.17, 15) is 22.0 Å². The second-order valence-electron chi connectivity index (χ2n) is 7.18. The zero-order valence-electron chi connectivity index (χ0n) is 16.1. The summed E-state index contributed by atoms with van der Waals surface area (Å²) in [7, 11) is 0. The maximum atomic E-state index is 14.8. The van der Waals surface area contributed by atoms with Crippen molar-refractivity contribution in [1.82, 2.24) is 0 Å². The van der Waals surface area contributed by atoms with E-state index in [4.69, 9.17) is 0 Å². The molecule has 0 aliphatic carbocycles. The molecule has 4 aromatic rings. The molecule has 5 heteroatoms. The summed E-state index contributed by atoms with van der Waals surface area (Å²) in [6, 6.07) is 15.2. The molecule has 4 rings (SSSR count). The van der Waals surface area contributed by atoms with Crippen LogP contribution in [0.1, 0.15) is 18.9 Å². The van der Waals surface area contributed by atoms with Gasteiger partial charge in [0.05, 0.1) is 5.39 Å². The molecule has 0 spiro atoms. The molecule has 0 N–H and O–H groups in total. The van der Waals surface area contributed by atoms with E-state index in [2.05, 4.69) is 6.92 Å². The van der Waals surface area contributed by atoms with Crippen LogP contribution in [0.15, 0.2) is 60.7 Å². The van der Waals surface area contributed by atoms with Crippen molar-refractivity contribution in [3.63, 3.8) is 0 Å². The van der Waals surface area contributed by atoms with Crippen molar-refractivity contribution in [2.45, 2.75) is 19.8 Å². The fourth-order valence-corrected chi connectivity index (χ4v) is 3.62. The van der Waals surface area contributed by atoms with Gasteiger partial charge in [0.15, 0.2) is 17.5 Å². The first kappa shape index (κ1) is 20.1. The summed E-state index contributed by atoms with van der Waals surface area (Å²) in [5.41, 5.74) is 2.87. The predicted octanol–water partition coefficient (Wildman–Crippen LogP) is 7.82. The molecule has 0 atom stereocenters. The molecule has 0 aliphatic rings. The molecule has 0 saturated heterocycles. The average Bonchev–Trinajstić information content (AvgIpc) is 2.72. The molecule has 0 nitrogen and oxygen atoms in total. The topological polar surface area (TPSA) is 0 Å². The lowest BCUT2D eigenvalue weighted by atomic mass is 9.96. The molecule has 0 bridgehead atoms. The molecular formula is C25H17F5. The van der Waals surface area contributed by atoms with Crippen LogP contribution in [0, 0.1) is 29.1 Å². The van der Waals surface area contributed by atoms with Gasteiger partial charge in [0.1, 0.15) is 11.6 Å². The average molecular weight is 412 g/mol. The zero-order chi connectivity index (χ0) is 21.4. The van der Waals surface area contributed by atoms with Crippen LogP contribution in [-0.4, -0.2) is 0 Å². The van der Waals surface area contributed by atoms with Gasteiger partial charge in [-0.2, -0.15) is 0 Å². The molecule has 0 unspecified atom stereocenters. The summed E-state index contributed by atoms with van der Waals surface area (Å²) in [5, 5.41) is -0.849. The Balaban J connectivity index is 1.76.